The summed E-state index contributed by atoms with van der Waals surface area (Å²) in [6.07, 6.45) is 6.01. The number of aromatic amines is 1. The van der Waals surface area contributed by atoms with E-state index in [0.717, 1.165) is 32.0 Å². The number of piperidine rings is 1. The fraction of sp³-hybridized carbons (Fsp3) is 0.450. The Bertz CT molecular complexity index is 847. The maximum atomic E-state index is 4.43. The number of hydrogen-bond acceptors (Lipinski definition) is 4. The van der Waals surface area contributed by atoms with E-state index in [0.29, 0.717) is 5.92 Å². The van der Waals surface area contributed by atoms with Crippen molar-refractivity contribution in [1.29, 1.82) is 0 Å². The number of rotatable bonds is 5. The third-order valence-electron chi connectivity index (χ3n) is 5.31. The van der Waals surface area contributed by atoms with E-state index >= 15 is 0 Å². The molecule has 1 saturated heterocycles. The molecular weight excluding hydrogens is 324 g/mol. The van der Waals surface area contributed by atoms with Gasteiger partial charge in [-0.25, -0.2) is 9.67 Å². The van der Waals surface area contributed by atoms with Crippen molar-refractivity contribution < 1.29 is 0 Å². The third kappa shape index (κ3) is 3.42. The Morgan fingerprint density at radius 3 is 2.88 bits per heavy atom. The molecule has 3 heterocycles. The Morgan fingerprint density at radius 2 is 2.08 bits per heavy atom. The average molecular weight is 350 g/mol. The van der Waals surface area contributed by atoms with Crippen LogP contribution < -0.4 is 0 Å². The van der Waals surface area contributed by atoms with E-state index in [1.54, 1.807) is 6.33 Å². The second kappa shape index (κ2) is 7.41. The second-order valence-corrected chi connectivity index (χ2v) is 7.13. The largest absolute Gasteiger partial charge is 0.295 e. The summed E-state index contributed by atoms with van der Waals surface area (Å²) in [7, 11) is 0. The van der Waals surface area contributed by atoms with Gasteiger partial charge in [0.05, 0.1) is 12.7 Å². The summed E-state index contributed by atoms with van der Waals surface area (Å²) in [4.78, 5) is 6.92. The van der Waals surface area contributed by atoms with Gasteiger partial charge in [0, 0.05) is 30.3 Å². The normalized spacial score (nSPS) is 18.3. The second-order valence-electron chi connectivity index (χ2n) is 7.13. The lowest BCUT2D eigenvalue weighted by Crippen LogP contribution is -2.35. The van der Waals surface area contributed by atoms with Gasteiger partial charge in [0.1, 0.15) is 12.2 Å². The van der Waals surface area contributed by atoms with Crippen molar-refractivity contribution in [2.45, 2.75) is 45.7 Å². The minimum absolute atomic E-state index is 0.473. The fourth-order valence-corrected chi connectivity index (χ4v) is 3.88. The molecule has 4 rings (SSSR count). The van der Waals surface area contributed by atoms with E-state index < -0.39 is 0 Å². The molecule has 0 aliphatic carbocycles. The molecule has 0 unspecified atom stereocenters. The molecule has 1 atom stereocenters. The molecule has 3 aromatic rings. The Morgan fingerprint density at radius 1 is 1.23 bits per heavy atom. The third-order valence-corrected chi connectivity index (χ3v) is 5.31. The highest BCUT2D eigenvalue weighted by atomic mass is 15.3. The summed E-state index contributed by atoms with van der Waals surface area (Å²) in [6.45, 7) is 8.09. The molecule has 136 valence electrons. The number of aryl methyl sites for hydroxylation is 2. The molecular formula is C20H26N6. The first-order valence-corrected chi connectivity index (χ1v) is 9.44. The van der Waals surface area contributed by atoms with Crippen LogP contribution in [0.25, 0.3) is 11.1 Å². The van der Waals surface area contributed by atoms with Crippen LogP contribution in [0.4, 0.5) is 0 Å². The van der Waals surface area contributed by atoms with Gasteiger partial charge in [-0.1, -0.05) is 29.8 Å². The van der Waals surface area contributed by atoms with Crippen molar-refractivity contribution in [3.63, 3.8) is 0 Å². The van der Waals surface area contributed by atoms with Gasteiger partial charge in [-0.2, -0.15) is 10.2 Å². The molecule has 1 aromatic carbocycles. The predicted octanol–water partition coefficient (Wildman–Crippen LogP) is 3.38. The monoisotopic (exact) mass is 350 g/mol. The van der Waals surface area contributed by atoms with Crippen molar-refractivity contribution in [3.8, 4) is 11.1 Å². The number of likely N-dealkylation sites (tertiary alicyclic amines) is 1. The van der Waals surface area contributed by atoms with Gasteiger partial charge in [0.2, 0.25) is 0 Å². The molecule has 26 heavy (non-hydrogen) atoms. The van der Waals surface area contributed by atoms with Crippen LogP contribution >= 0.6 is 0 Å². The lowest BCUT2D eigenvalue weighted by atomic mass is 9.90. The molecule has 1 N–H and O–H groups in total. The van der Waals surface area contributed by atoms with Gasteiger partial charge >= 0.3 is 0 Å². The van der Waals surface area contributed by atoms with E-state index in [9.17, 15) is 0 Å². The van der Waals surface area contributed by atoms with E-state index in [1.807, 2.05) is 10.9 Å². The molecule has 1 fully saturated rings. The Balaban J connectivity index is 1.52. The maximum Gasteiger partial charge on any atom is 0.140 e. The maximum absolute atomic E-state index is 4.43. The zero-order valence-corrected chi connectivity index (χ0v) is 15.5. The summed E-state index contributed by atoms with van der Waals surface area (Å²) in [5.41, 5.74) is 5.01. The first-order valence-electron chi connectivity index (χ1n) is 9.44. The van der Waals surface area contributed by atoms with Crippen molar-refractivity contribution in [3.05, 3.63) is 53.9 Å². The SMILES string of the molecule is CCn1ncnc1CN1CCC[C@@H](c2[nH]ncc2-c2ccc(C)cc2)C1. The van der Waals surface area contributed by atoms with Crippen LogP contribution in [-0.2, 0) is 13.1 Å². The zero-order chi connectivity index (χ0) is 17.9. The predicted molar refractivity (Wildman–Crippen MR) is 102 cm³/mol. The Hall–Kier alpha value is -2.47. The van der Waals surface area contributed by atoms with Crippen molar-refractivity contribution in [2.24, 2.45) is 0 Å². The summed E-state index contributed by atoms with van der Waals surface area (Å²) < 4.78 is 1.98. The molecule has 0 amide bonds. The van der Waals surface area contributed by atoms with Crippen molar-refractivity contribution >= 4 is 0 Å². The molecule has 0 saturated carbocycles. The van der Waals surface area contributed by atoms with Crippen molar-refractivity contribution in [1.82, 2.24) is 29.9 Å². The standard InChI is InChI=1S/C20H26N6/c1-3-26-19(21-14-23-26)13-25-10-4-5-17(12-25)20-18(11-22-24-20)16-8-6-15(2)7-9-16/h6-9,11,14,17H,3-5,10,12-13H2,1-2H3,(H,22,24)/t17-/m1/s1. The molecule has 0 spiro atoms. The highest BCUT2D eigenvalue weighted by molar-refractivity contribution is 5.66. The molecule has 1 aliphatic rings. The summed E-state index contributed by atoms with van der Waals surface area (Å²) in [6, 6.07) is 8.70. The number of nitrogens with one attached hydrogen (secondary N) is 1. The van der Waals surface area contributed by atoms with Crippen LogP contribution in [0, 0.1) is 6.92 Å². The lowest BCUT2D eigenvalue weighted by Gasteiger charge is -2.32. The quantitative estimate of drug-likeness (QED) is 0.766. The Kier molecular flexibility index (Phi) is 4.84. The van der Waals surface area contributed by atoms with E-state index in [4.69, 9.17) is 0 Å². The average Bonchev–Trinajstić information content (AvgIpc) is 3.32. The first-order chi connectivity index (χ1) is 12.7. The summed E-state index contributed by atoms with van der Waals surface area (Å²) in [5.74, 6) is 1.53. The Labute approximate surface area is 154 Å². The number of nitrogens with zero attached hydrogens (tertiary/aromatic N) is 5. The number of aromatic nitrogens is 5. The van der Waals surface area contributed by atoms with Crippen LogP contribution in [0.2, 0.25) is 0 Å². The molecule has 2 aromatic heterocycles. The van der Waals surface area contributed by atoms with Crippen LogP contribution in [0.15, 0.2) is 36.8 Å². The highest BCUT2D eigenvalue weighted by Crippen LogP contribution is 2.33. The van der Waals surface area contributed by atoms with Gasteiger partial charge in [-0.3, -0.25) is 10.00 Å². The van der Waals surface area contributed by atoms with E-state index in [-0.39, 0.29) is 0 Å². The molecule has 0 radical (unpaired) electrons. The van der Waals surface area contributed by atoms with Gasteiger partial charge < -0.3 is 0 Å². The van der Waals surface area contributed by atoms with Crippen LogP contribution in [0.3, 0.4) is 0 Å². The van der Waals surface area contributed by atoms with Gasteiger partial charge in [0.15, 0.2) is 0 Å². The lowest BCUT2D eigenvalue weighted by molar-refractivity contribution is 0.191. The number of benzene rings is 1. The molecule has 6 heteroatoms. The smallest absolute Gasteiger partial charge is 0.140 e. The topological polar surface area (TPSA) is 62.6 Å². The van der Waals surface area contributed by atoms with E-state index in [1.165, 1.54) is 35.2 Å². The minimum atomic E-state index is 0.473. The number of hydrogen-bond donors (Lipinski definition) is 1. The highest BCUT2D eigenvalue weighted by Gasteiger charge is 2.26. The summed E-state index contributed by atoms with van der Waals surface area (Å²) in [5, 5.41) is 11.9. The molecule has 0 bridgehead atoms. The van der Waals surface area contributed by atoms with Crippen LogP contribution in [0.1, 0.15) is 42.8 Å². The zero-order valence-electron chi connectivity index (χ0n) is 15.5. The summed E-state index contributed by atoms with van der Waals surface area (Å²) >= 11 is 0. The molecule has 1 aliphatic heterocycles. The fourth-order valence-electron chi connectivity index (χ4n) is 3.88. The molecule has 6 nitrogen and oxygen atoms in total. The first kappa shape index (κ1) is 17.0. The van der Waals surface area contributed by atoms with Gasteiger partial charge in [-0.15, -0.1) is 0 Å². The van der Waals surface area contributed by atoms with Gasteiger partial charge in [-0.05, 0) is 38.8 Å². The van der Waals surface area contributed by atoms with Crippen LogP contribution in [0.5, 0.6) is 0 Å². The van der Waals surface area contributed by atoms with Gasteiger partial charge in [0.25, 0.3) is 0 Å². The van der Waals surface area contributed by atoms with Crippen LogP contribution in [-0.4, -0.2) is 43.0 Å². The number of H-pyrrole nitrogens is 1. The minimum Gasteiger partial charge on any atom is -0.295 e. The van der Waals surface area contributed by atoms with E-state index in [2.05, 4.69) is 63.3 Å². The van der Waals surface area contributed by atoms with Crippen molar-refractivity contribution in [2.75, 3.05) is 13.1 Å².